The number of hydrogen-bond acceptors (Lipinski definition) is 3. The van der Waals surface area contributed by atoms with Crippen LogP contribution in [0.25, 0.3) is 0 Å². The van der Waals surface area contributed by atoms with Gasteiger partial charge in [0, 0.05) is 11.4 Å². The quantitative estimate of drug-likeness (QED) is 0.525. The van der Waals surface area contributed by atoms with E-state index in [1.807, 2.05) is 0 Å². The van der Waals surface area contributed by atoms with Crippen molar-refractivity contribution < 1.29 is 32.2 Å². The molecular weight excluding hydrogens is 282 g/mol. The van der Waals surface area contributed by atoms with Gasteiger partial charge in [-0.25, -0.2) is 0 Å². The Morgan fingerprint density at radius 1 is 1.50 bits per heavy atom. The lowest BCUT2D eigenvalue weighted by molar-refractivity contribution is -0.276. The molecule has 0 amide bonds. The van der Waals surface area contributed by atoms with Crippen LogP contribution in [0.1, 0.15) is 11.1 Å². The Kier molecular flexibility index (Phi) is 4.33. The Hall–Kier alpha value is -1.57. The molecule has 18 heavy (non-hydrogen) atoms. The summed E-state index contributed by atoms with van der Waals surface area (Å²) in [6.45, 7) is 0. The van der Waals surface area contributed by atoms with Gasteiger partial charge in [-0.1, -0.05) is 0 Å². The summed E-state index contributed by atoms with van der Waals surface area (Å²) in [4.78, 5) is 13.4. The maximum atomic E-state index is 12.9. The number of ether oxygens (including phenoxy) is 1. The fourth-order valence-corrected chi connectivity index (χ4v) is 1.46. The van der Waals surface area contributed by atoms with Crippen molar-refractivity contribution in [3.63, 3.8) is 0 Å². The Balaban J connectivity index is 3.27. The van der Waals surface area contributed by atoms with Gasteiger partial charge in [0.05, 0.1) is 6.42 Å². The molecule has 4 nitrogen and oxygen atoms in total. The van der Waals surface area contributed by atoms with E-state index in [-0.39, 0.29) is 11.4 Å². The van der Waals surface area contributed by atoms with Crippen molar-refractivity contribution in [1.82, 2.24) is 4.98 Å². The van der Waals surface area contributed by atoms with E-state index in [2.05, 4.69) is 9.72 Å². The number of nitrogens with zero attached hydrogens (tertiary/aromatic N) is 1. The maximum absolute atomic E-state index is 12.9. The third-order valence-corrected chi connectivity index (χ3v) is 2.12. The lowest BCUT2D eigenvalue weighted by atomic mass is 10.1. The highest BCUT2D eigenvalue weighted by Gasteiger charge is 2.34. The van der Waals surface area contributed by atoms with Gasteiger partial charge in [0.2, 0.25) is 11.8 Å². The number of aromatic nitrogens is 1. The van der Waals surface area contributed by atoms with Crippen molar-refractivity contribution in [3.8, 4) is 5.88 Å². The molecule has 100 valence electrons. The molecule has 0 fully saturated rings. The van der Waals surface area contributed by atoms with Crippen LogP contribution in [0, 0.1) is 5.95 Å². The SMILES string of the molecule is O=C(O)Cc1c(CCl)cc(F)nc1OC(F)(F)F. The number of hydrogen-bond donors (Lipinski definition) is 1. The zero-order valence-electron chi connectivity index (χ0n) is 8.59. The number of carbonyl (C=O) groups is 1. The first kappa shape index (κ1) is 14.5. The van der Waals surface area contributed by atoms with Crippen molar-refractivity contribution in [3.05, 3.63) is 23.1 Å². The first-order valence-electron chi connectivity index (χ1n) is 4.44. The van der Waals surface area contributed by atoms with Crippen LogP contribution in [0.5, 0.6) is 5.88 Å². The molecule has 0 aliphatic rings. The second-order valence-electron chi connectivity index (χ2n) is 3.14. The van der Waals surface area contributed by atoms with Crippen LogP contribution in [-0.2, 0) is 17.1 Å². The van der Waals surface area contributed by atoms with Crippen molar-refractivity contribution >= 4 is 17.6 Å². The van der Waals surface area contributed by atoms with E-state index in [0.29, 0.717) is 0 Å². The second-order valence-corrected chi connectivity index (χ2v) is 3.41. The summed E-state index contributed by atoms with van der Waals surface area (Å²) in [5.41, 5.74) is -0.526. The minimum absolute atomic E-state index is 0.120. The lowest BCUT2D eigenvalue weighted by Crippen LogP contribution is -2.20. The van der Waals surface area contributed by atoms with Gasteiger partial charge in [0.15, 0.2) is 0 Å². The molecule has 0 radical (unpaired) electrons. The van der Waals surface area contributed by atoms with E-state index in [9.17, 15) is 22.4 Å². The highest BCUT2D eigenvalue weighted by molar-refractivity contribution is 6.17. The van der Waals surface area contributed by atoms with E-state index in [0.717, 1.165) is 6.07 Å². The van der Waals surface area contributed by atoms with Crippen LogP contribution in [0.4, 0.5) is 17.6 Å². The predicted molar refractivity (Wildman–Crippen MR) is 51.8 cm³/mol. The monoisotopic (exact) mass is 287 g/mol. The summed E-state index contributed by atoms with van der Waals surface area (Å²) >= 11 is 5.41. The van der Waals surface area contributed by atoms with Gasteiger partial charge in [-0.05, 0) is 11.6 Å². The molecule has 0 atom stereocenters. The van der Waals surface area contributed by atoms with Gasteiger partial charge in [0.25, 0.3) is 0 Å². The Labute approximate surface area is 103 Å². The van der Waals surface area contributed by atoms with Gasteiger partial charge in [-0.2, -0.15) is 9.37 Å². The number of carboxylic acid groups (broad SMARTS) is 1. The first-order chi connectivity index (χ1) is 8.23. The van der Waals surface area contributed by atoms with Gasteiger partial charge in [-0.15, -0.1) is 24.8 Å². The van der Waals surface area contributed by atoms with Crippen LogP contribution < -0.4 is 4.74 Å². The molecule has 0 spiro atoms. The zero-order valence-corrected chi connectivity index (χ0v) is 9.35. The second kappa shape index (κ2) is 5.38. The molecular formula is C9H6ClF4NO3. The molecule has 0 bridgehead atoms. The number of halogens is 5. The van der Waals surface area contributed by atoms with E-state index in [1.54, 1.807) is 0 Å². The normalized spacial score (nSPS) is 11.4. The third-order valence-electron chi connectivity index (χ3n) is 1.83. The fraction of sp³-hybridized carbons (Fsp3) is 0.333. The summed E-state index contributed by atoms with van der Waals surface area (Å²) < 4.78 is 52.6. The highest BCUT2D eigenvalue weighted by atomic mass is 35.5. The van der Waals surface area contributed by atoms with Crippen LogP contribution >= 0.6 is 11.6 Å². The van der Waals surface area contributed by atoms with Gasteiger partial charge in [0.1, 0.15) is 0 Å². The van der Waals surface area contributed by atoms with Crippen molar-refractivity contribution in [2.45, 2.75) is 18.7 Å². The summed E-state index contributed by atoms with van der Waals surface area (Å²) in [7, 11) is 0. The fourth-order valence-electron chi connectivity index (χ4n) is 1.22. The molecule has 0 aliphatic heterocycles. The smallest absolute Gasteiger partial charge is 0.481 e. The molecule has 0 aromatic carbocycles. The topological polar surface area (TPSA) is 59.4 Å². The number of aliphatic carboxylic acids is 1. The molecule has 0 unspecified atom stereocenters. The van der Waals surface area contributed by atoms with E-state index in [1.165, 1.54) is 0 Å². The molecule has 0 saturated heterocycles. The minimum Gasteiger partial charge on any atom is -0.481 e. The van der Waals surface area contributed by atoms with Gasteiger partial charge in [-0.3, -0.25) is 4.79 Å². The molecule has 0 saturated carbocycles. The first-order valence-corrected chi connectivity index (χ1v) is 4.98. The number of carboxylic acids is 1. The standard InChI is InChI=1S/C9H6ClF4NO3/c10-3-4-1-6(11)15-8(18-9(12,13)14)5(4)2-7(16)17/h1H,2-3H2,(H,16,17). The molecule has 1 N–H and O–H groups in total. The summed E-state index contributed by atoms with van der Waals surface area (Å²) in [6.07, 6.45) is -5.90. The van der Waals surface area contributed by atoms with Crippen LogP contribution in [0.2, 0.25) is 0 Å². The molecule has 1 heterocycles. The minimum atomic E-state index is -5.10. The Morgan fingerprint density at radius 2 is 2.11 bits per heavy atom. The number of pyridine rings is 1. The number of rotatable bonds is 4. The van der Waals surface area contributed by atoms with E-state index < -0.39 is 36.1 Å². The predicted octanol–water partition coefficient (Wildman–Crippen LogP) is 2.49. The molecule has 1 rings (SSSR count). The highest BCUT2D eigenvalue weighted by Crippen LogP contribution is 2.28. The van der Waals surface area contributed by atoms with Gasteiger partial charge >= 0.3 is 12.3 Å². The zero-order chi connectivity index (χ0) is 13.9. The Bertz CT molecular complexity index is 464. The molecule has 0 aliphatic carbocycles. The van der Waals surface area contributed by atoms with Crippen LogP contribution in [0.15, 0.2) is 6.07 Å². The summed E-state index contributed by atoms with van der Waals surface area (Å²) in [5.74, 6) is -4.16. The third kappa shape index (κ3) is 4.02. The molecule has 1 aromatic heterocycles. The Morgan fingerprint density at radius 3 is 2.56 bits per heavy atom. The van der Waals surface area contributed by atoms with Crippen LogP contribution in [-0.4, -0.2) is 22.4 Å². The molecule has 1 aromatic rings. The van der Waals surface area contributed by atoms with E-state index in [4.69, 9.17) is 16.7 Å². The van der Waals surface area contributed by atoms with Crippen molar-refractivity contribution in [2.24, 2.45) is 0 Å². The summed E-state index contributed by atoms with van der Waals surface area (Å²) in [6, 6.07) is 0.758. The van der Waals surface area contributed by atoms with E-state index >= 15 is 0 Å². The average Bonchev–Trinajstić information content (AvgIpc) is 2.18. The van der Waals surface area contributed by atoms with Crippen molar-refractivity contribution in [1.29, 1.82) is 0 Å². The van der Waals surface area contributed by atoms with Gasteiger partial charge < -0.3 is 9.84 Å². The maximum Gasteiger partial charge on any atom is 0.574 e. The molecule has 9 heteroatoms. The van der Waals surface area contributed by atoms with Crippen LogP contribution in [0.3, 0.4) is 0 Å². The lowest BCUT2D eigenvalue weighted by Gasteiger charge is -2.13. The summed E-state index contributed by atoms with van der Waals surface area (Å²) in [5, 5.41) is 8.58. The number of alkyl halides is 4. The average molecular weight is 288 g/mol. The largest absolute Gasteiger partial charge is 0.574 e. The van der Waals surface area contributed by atoms with Crippen molar-refractivity contribution in [2.75, 3.05) is 0 Å².